The van der Waals surface area contributed by atoms with Gasteiger partial charge in [-0.15, -0.1) is 0 Å². The third-order valence-corrected chi connectivity index (χ3v) is 5.21. The zero-order valence-corrected chi connectivity index (χ0v) is 14.3. The lowest BCUT2D eigenvalue weighted by Gasteiger charge is -2.41. The minimum absolute atomic E-state index is 0.106. The highest BCUT2D eigenvalue weighted by atomic mass is 35.5. The normalized spacial score (nSPS) is 22.0. The molecule has 6 heteroatoms. The van der Waals surface area contributed by atoms with E-state index in [0.29, 0.717) is 16.7 Å². The SMILES string of the molecule is COc1ccc(Cl)c(O)c1[C@H](C1CCOCC1)N1CCNCC1. The Hall–Kier alpha value is -1.01. The highest BCUT2D eigenvalue weighted by Gasteiger charge is 2.35. The topological polar surface area (TPSA) is 54.0 Å². The molecule has 1 aromatic rings. The summed E-state index contributed by atoms with van der Waals surface area (Å²) in [7, 11) is 1.64. The van der Waals surface area contributed by atoms with Crippen molar-refractivity contribution >= 4 is 11.6 Å². The predicted molar refractivity (Wildman–Crippen MR) is 90.4 cm³/mol. The van der Waals surface area contributed by atoms with Crippen LogP contribution in [0.4, 0.5) is 0 Å². The van der Waals surface area contributed by atoms with Crippen molar-refractivity contribution in [2.75, 3.05) is 46.5 Å². The zero-order chi connectivity index (χ0) is 16.2. The first-order chi connectivity index (χ1) is 11.2. The van der Waals surface area contributed by atoms with E-state index in [0.717, 1.165) is 57.8 Å². The molecule has 5 nitrogen and oxygen atoms in total. The Morgan fingerprint density at radius 2 is 2.00 bits per heavy atom. The average Bonchev–Trinajstić information content (AvgIpc) is 2.61. The quantitative estimate of drug-likeness (QED) is 0.881. The number of nitrogens with zero attached hydrogens (tertiary/aromatic N) is 1. The van der Waals surface area contributed by atoms with Crippen molar-refractivity contribution < 1.29 is 14.6 Å². The van der Waals surface area contributed by atoms with Crippen LogP contribution in [0, 0.1) is 5.92 Å². The Morgan fingerprint density at radius 3 is 2.65 bits per heavy atom. The molecular weight excluding hydrogens is 316 g/mol. The monoisotopic (exact) mass is 340 g/mol. The molecule has 1 aromatic carbocycles. The van der Waals surface area contributed by atoms with E-state index in [1.165, 1.54) is 0 Å². The number of methoxy groups -OCH3 is 1. The van der Waals surface area contributed by atoms with E-state index in [4.69, 9.17) is 21.1 Å². The number of ether oxygens (including phenoxy) is 2. The third-order valence-electron chi connectivity index (χ3n) is 4.90. The van der Waals surface area contributed by atoms with Gasteiger partial charge in [0, 0.05) is 45.4 Å². The second-order valence-corrected chi connectivity index (χ2v) is 6.60. The molecule has 0 spiro atoms. The number of phenols is 1. The van der Waals surface area contributed by atoms with Crippen LogP contribution in [0.2, 0.25) is 5.02 Å². The van der Waals surface area contributed by atoms with Gasteiger partial charge in [-0.25, -0.2) is 0 Å². The van der Waals surface area contributed by atoms with Gasteiger partial charge in [0.2, 0.25) is 0 Å². The van der Waals surface area contributed by atoms with Crippen LogP contribution < -0.4 is 10.1 Å². The summed E-state index contributed by atoms with van der Waals surface area (Å²) in [5.74, 6) is 1.29. The number of piperazine rings is 1. The molecule has 0 aliphatic carbocycles. The molecule has 23 heavy (non-hydrogen) atoms. The predicted octanol–water partition coefficient (Wildman–Crippen LogP) is 2.43. The minimum Gasteiger partial charge on any atom is -0.506 e. The lowest BCUT2D eigenvalue weighted by molar-refractivity contribution is 0.0199. The fourth-order valence-electron chi connectivity index (χ4n) is 3.74. The van der Waals surface area contributed by atoms with E-state index in [2.05, 4.69) is 10.2 Å². The van der Waals surface area contributed by atoms with E-state index in [-0.39, 0.29) is 11.8 Å². The maximum absolute atomic E-state index is 10.7. The van der Waals surface area contributed by atoms with Gasteiger partial charge in [0.15, 0.2) is 0 Å². The van der Waals surface area contributed by atoms with Crippen LogP contribution >= 0.6 is 11.6 Å². The van der Waals surface area contributed by atoms with Gasteiger partial charge in [0.05, 0.1) is 17.7 Å². The van der Waals surface area contributed by atoms with Gasteiger partial charge in [-0.3, -0.25) is 4.90 Å². The van der Waals surface area contributed by atoms with E-state index in [1.807, 2.05) is 6.07 Å². The Balaban J connectivity index is 2.01. The molecule has 2 aliphatic heterocycles. The molecule has 1 atom stereocenters. The number of hydrogen-bond donors (Lipinski definition) is 2. The summed E-state index contributed by atoms with van der Waals surface area (Å²) in [6.07, 6.45) is 1.98. The fourth-order valence-corrected chi connectivity index (χ4v) is 3.90. The largest absolute Gasteiger partial charge is 0.506 e. The molecule has 2 aliphatic rings. The lowest BCUT2D eigenvalue weighted by atomic mass is 9.84. The number of halogens is 1. The van der Waals surface area contributed by atoms with E-state index in [1.54, 1.807) is 13.2 Å². The molecule has 0 amide bonds. The maximum atomic E-state index is 10.7. The highest BCUT2D eigenvalue weighted by molar-refractivity contribution is 6.32. The Labute approximate surface area is 142 Å². The van der Waals surface area contributed by atoms with Crippen molar-refractivity contribution in [3.05, 3.63) is 22.7 Å². The highest BCUT2D eigenvalue weighted by Crippen LogP contribution is 2.46. The Kier molecular flexibility index (Phi) is 5.64. The number of phenolic OH excluding ortho intramolecular Hbond substituents is 1. The van der Waals surface area contributed by atoms with Gasteiger partial charge in [0.25, 0.3) is 0 Å². The van der Waals surface area contributed by atoms with Gasteiger partial charge >= 0.3 is 0 Å². The summed E-state index contributed by atoms with van der Waals surface area (Å²) in [6.45, 7) is 5.38. The van der Waals surface area contributed by atoms with Crippen LogP contribution in [-0.2, 0) is 4.74 Å². The Bertz CT molecular complexity index is 511. The standard InChI is InChI=1S/C17H25ClN2O3/c1-22-14-3-2-13(18)17(21)15(14)16(12-4-10-23-11-5-12)20-8-6-19-7-9-20/h2-3,12,16,19,21H,4-11H2,1H3/t16-/m0/s1. The summed E-state index contributed by atoms with van der Waals surface area (Å²) < 4.78 is 11.1. The van der Waals surface area contributed by atoms with Crippen LogP contribution in [-0.4, -0.2) is 56.5 Å². The molecule has 2 fully saturated rings. The molecule has 0 aromatic heterocycles. The number of nitrogens with one attached hydrogen (secondary N) is 1. The van der Waals surface area contributed by atoms with Crippen molar-refractivity contribution in [2.45, 2.75) is 18.9 Å². The molecular formula is C17H25ClN2O3. The van der Waals surface area contributed by atoms with Gasteiger partial charge in [0.1, 0.15) is 11.5 Å². The summed E-state index contributed by atoms with van der Waals surface area (Å²) in [5, 5.41) is 14.4. The number of benzene rings is 1. The molecule has 0 saturated carbocycles. The van der Waals surface area contributed by atoms with E-state index in [9.17, 15) is 5.11 Å². The van der Waals surface area contributed by atoms with Crippen LogP contribution in [0.3, 0.4) is 0 Å². The first-order valence-corrected chi connectivity index (χ1v) is 8.68. The van der Waals surface area contributed by atoms with E-state index >= 15 is 0 Å². The molecule has 2 N–H and O–H groups in total. The Morgan fingerprint density at radius 1 is 1.30 bits per heavy atom. The molecule has 3 rings (SSSR count). The summed E-state index contributed by atoms with van der Waals surface area (Å²) in [4.78, 5) is 2.44. The molecule has 2 saturated heterocycles. The summed E-state index contributed by atoms with van der Waals surface area (Å²) in [5.41, 5.74) is 0.828. The lowest BCUT2D eigenvalue weighted by Crippen LogP contribution is -2.47. The fraction of sp³-hybridized carbons (Fsp3) is 0.647. The van der Waals surface area contributed by atoms with Gasteiger partial charge in [-0.2, -0.15) is 0 Å². The second-order valence-electron chi connectivity index (χ2n) is 6.19. The van der Waals surface area contributed by atoms with Crippen LogP contribution in [0.5, 0.6) is 11.5 Å². The van der Waals surface area contributed by atoms with Crippen LogP contribution in [0.25, 0.3) is 0 Å². The third kappa shape index (κ3) is 3.58. The van der Waals surface area contributed by atoms with Crippen molar-refractivity contribution in [1.82, 2.24) is 10.2 Å². The van der Waals surface area contributed by atoms with Crippen LogP contribution in [0.15, 0.2) is 12.1 Å². The van der Waals surface area contributed by atoms with Crippen LogP contribution in [0.1, 0.15) is 24.4 Å². The number of aromatic hydroxyl groups is 1. The maximum Gasteiger partial charge on any atom is 0.142 e. The minimum atomic E-state index is 0.106. The molecule has 128 valence electrons. The first-order valence-electron chi connectivity index (χ1n) is 8.30. The first kappa shape index (κ1) is 16.8. The summed E-state index contributed by atoms with van der Waals surface area (Å²) in [6, 6.07) is 3.65. The molecule has 0 unspecified atom stereocenters. The number of rotatable bonds is 4. The smallest absolute Gasteiger partial charge is 0.142 e. The van der Waals surface area contributed by atoms with E-state index < -0.39 is 0 Å². The summed E-state index contributed by atoms with van der Waals surface area (Å²) >= 11 is 6.20. The van der Waals surface area contributed by atoms with Crippen molar-refractivity contribution in [3.63, 3.8) is 0 Å². The molecule has 0 bridgehead atoms. The van der Waals surface area contributed by atoms with Crippen molar-refractivity contribution in [1.29, 1.82) is 0 Å². The average molecular weight is 341 g/mol. The second kappa shape index (κ2) is 7.71. The van der Waals surface area contributed by atoms with Crippen molar-refractivity contribution in [3.8, 4) is 11.5 Å². The van der Waals surface area contributed by atoms with Gasteiger partial charge in [-0.1, -0.05) is 11.6 Å². The molecule has 2 heterocycles. The van der Waals surface area contributed by atoms with Crippen molar-refractivity contribution in [2.24, 2.45) is 5.92 Å². The molecule has 0 radical (unpaired) electrons. The van der Waals surface area contributed by atoms with Gasteiger partial charge in [-0.05, 0) is 30.9 Å². The zero-order valence-electron chi connectivity index (χ0n) is 13.6. The number of hydrogen-bond acceptors (Lipinski definition) is 5. The van der Waals surface area contributed by atoms with Gasteiger partial charge < -0.3 is 19.9 Å².